The number of hydrogen-bond acceptors (Lipinski definition) is 2. The van der Waals surface area contributed by atoms with Crippen LogP contribution in [0.2, 0.25) is 0 Å². The van der Waals surface area contributed by atoms with Crippen LogP contribution in [0.3, 0.4) is 0 Å². The molecule has 1 aliphatic rings. The smallest absolute Gasteiger partial charge is 0.234 e. The van der Waals surface area contributed by atoms with Gasteiger partial charge in [-0.1, -0.05) is 5.01 Å². The average molecular weight is 126 g/mol. The molecule has 9 heavy (non-hydrogen) atoms. The Labute approximate surface area is 56.2 Å². The Kier molecular flexibility index (Phi) is 1.45. The summed E-state index contributed by atoms with van der Waals surface area (Å²) in [4.78, 5) is 0. The maximum atomic E-state index is 3.07. The monoisotopic (exact) mass is 126 g/mol. The molecule has 0 aliphatic carbocycles. The predicted molar refractivity (Wildman–Crippen MR) is 35.6 cm³/mol. The van der Waals surface area contributed by atoms with Gasteiger partial charge in [0.05, 0.1) is 14.1 Å². The van der Waals surface area contributed by atoms with Crippen LogP contribution in [0.1, 0.15) is 6.92 Å². The Balaban J connectivity index is 2.74. The topological polar surface area (TPSA) is 9.49 Å². The van der Waals surface area contributed by atoms with Gasteiger partial charge in [0, 0.05) is 14.0 Å². The van der Waals surface area contributed by atoms with Gasteiger partial charge in [-0.05, 0) is 0 Å². The molecule has 3 heteroatoms. The molecule has 50 valence electrons. The lowest BCUT2D eigenvalue weighted by molar-refractivity contribution is -0.460. The maximum absolute atomic E-state index is 3.07. The second-order valence-electron chi connectivity index (χ2n) is 2.25. The van der Waals surface area contributed by atoms with E-state index < -0.39 is 0 Å². The van der Waals surface area contributed by atoms with Gasteiger partial charge in [0.1, 0.15) is 0 Å². The van der Waals surface area contributed by atoms with Crippen LogP contribution >= 0.6 is 0 Å². The van der Waals surface area contributed by atoms with Crippen LogP contribution in [0.15, 0.2) is 0 Å². The van der Waals surface area contributed by atoms with E-state index >= 15 is 0 Å². The van der Waals surface area contributed by atoms with E-state index in [9.17, 15) is 0 Å². The summed E-state index contributed by atoms with van der Waals surface area (Å²) >= 11 is 0. The second-order valence-corrected chi connectivity index (χ2v) is 2.25. The molecule has 0 bridgehead atoms. The highest BCUT2D eigenvalue weighted by Crippen LogP contribution is 2.04. The van der Waals surface area contributed by atoms with E-state index in [0.29, 0.717) is 0 Å². The lowest BCUT2D eigenvalue weighted by Gasteiger charge is -2.08. The van der Waals surface area contributed by atoms with Crippen molar-refractivity contribution in [2.45, 2.75) is 6.92 Å². The molecule has 0 atom stereocenters. The third-order valence-corrected chi connectivity index (χ3v) is 1.70. The van der Waals surface area contributed by atoms with E-state index in [1.165, 1.54) is 5.84 Å². The number of rotatable bonds is 0. The number of hydrazine groups is 1. The van der Waals surface area contributed by atoms with Gasteiger partial charge in [-0.15, -0.1) is 0 Å². The fourth-order valence-corrected chi connectivity index (χ4v) is 0.791. The molecule has 0 N–H and O–H groups in total. The number of amidine groups is 1. The molecule has 0 aromatic heterocycles. The lowest BCUT2D eigenvalue weighted by Crippen LogP contribution is -2.31. The molecule has 1 rings (SSSR count). The van der Waals surface area contributed by atoms with Crippen LogP contribution in [0.4, 0.5) is 0 Å². The summed E-state index contributed by atoms with van der Waals surface area (Å²) in [5, 5.41) is 3.94. The first kappa shape index (κ1) is 6.55. The predicted octanol–water partition coefficient (Wildman–Crippen LogP) is -0.164. The molecule has 2 radical (unpaired) electrons. The van der Waals surface area contributed by atoms with E-state index in [1.807, 2.05) is 35.7 Å². The molecular weight excluding hydrogens is 114 g/mol. The van der Waals surface area contributed by atoms with Gasteiger partial charge in [0.2, 0.25) is 0 Å². The molecule has 0 saturated heterocycles. The first-order valence-corrected chi connectivity index (χ1v) is 2.94. The van der Waals surface area contributed by atoms with Crippen molar-refractivity contribution in [2.75, 3.05) is 21.1 Å². The summed E-state index contributed by atoms with van der Waals surface area (Å²) in [7, 11) is 5.95. The van der Waals surface area contributed by atoms with Crippen molar-refractivity contribution in [2.24, 2.45) is 0 Å². The molecule has 3 nitrogen and oxygen atoms in total. The normalized spacial score (nSPS) is 22.0. The number of hydrogen-bond donors (Lipinski definition) is 0. The minimum Gasteiger partial charge on any atom is -0.234 e. The minimum atomic E-state index is 1.19. The highest BCUT2D eigenvalue weighted by atomic mass is 15.7. The van der Waals surface area contributed by atoms with Crippen LogP contribution in [-0.2, 0) is 0 Å². The van der Waals surface area contributed by atoms with E-state index in [2.05, 4.69) is 13.6 Å². The average Bonchev–Trinajstić information content (AvgIpc) is 1.98. The SMILES string of the molecule is CC1=[N+](C)[C]N(C)N1C. The Hall–Kier alpha value is -0.570. The number of nitrogens with zero attached hydrogens (tertiary/aromatic N) is 3. The van der Waals surface area contributed by atoms with Crippen molar-refractivity contribution in [1.82, 2.24) is 10.0 Å². The van der Waals surface area contributed by atoms with Gasteiger partial charge in [0.25, 0.3) is 5.84 Å². The zero-order valence-electron chi connectivity index (χ0n) is 6.34. The molecular formula is C6H12N3+. The Bertz CT molecular complexity index is 150. The van der Waals surface area contributed by atoms with Gasteiger partial charge in [0.15, 0.2) is 0 Å². The summed E-state index contributed by atoms with van der Waals surface area (Å²) in [6, 6.07) is 0. The highest BCUT2D eigenvalue weighted by Gasteiger charge is 2.28. The molecule has 0 amide bonds. The van der Waals surface area contributed by atoms with E-state index in [-0.39, 0.29) is 0 Å². The van der Waals surface area contributed by atoms with Crippen LogP contribution in [0, 0.1) is 6.67 Å². The van der Waals surface area contributed by atoms with Crippen molar-refractivity contribution in [3.05, 3.63) is 6.67 Å². The molecule has 1 aliphatic heterocycles. The lowest BCUT2D eigenvalue weighted by atomic mass is 10.6. The summed E-state index contributed by atoms with van der Waals surface area (Å²) in [5.41, 5.74) is 0. The van der Waals surface area contributed by atoms with Gasteiger partial charge in [-0.3, -0.25) is 0 Å². The highest BCUT2D eigenvalue weighted by molar-refractivity contribution is 5.74. The first-order chi connectivity index (χ1) is 4.13. The Morgan fingerprint density at radius 2 is 2.00 bits per heavy atom. The second kappa shape index (κ2) is 1.99. The third kappa shape index (κ3) is 0.920. The quantitative estimate of drug-likeness (QED) is 0.417. The molecule has 0 spiro atoms. The fraction of sp³-hybridized carbons (Fsp3) is 0.667. The summed E-state index contributed by atoms with van der Waals surface area (Å²) < 4.78 is 1.96. The van der Waals surface area contributed by atoms with Gasteiger partial charge < -0.3 is 0 Å². The van der Waals surface area contributed by atoms with Crippen molar-refractivity contribution < 1.29 is 4.58 Å². The van der Waals surface area contributed by atoms with Crippen LogP contribution in [0.25, 0.3) is 0 Å². The van der Waals surface area contributed by atoms with Crippen molar-refractivity contribution in [1.29, 1.82) is 0 Å². The van der Waals surface area contributed by atoms with E-state index in [0.717, 1.165) is 0 Å². The van der Waals surface area contributed by atoms with Crippen LogP contribution in [0.5, 0.6) is 0 Å². The Morgan fingerprint density at radius 1 is 1.44 bits per heavy atom. The standard InChI is InChI=1S/C6H12N3/c1-6-7(2)5-8(3)9(6)4/h1-4H3/q+1. The van der Waals surface area contributed by atoms with Gasteiger partial charge in [-0.2, -0.15) is 5.01 Å². The van der Waals surface area contributed by atoms with E-state index in [4.69, 9.17) is 0 Å². The van der Waals surface area contributed by atoms with Crippen LogP contribution in [-0.4, -0.2) is 41.6 Å². The molecule has 0 aromatic rings. The minimum absolute atomic E-state index is 1.19. The Morgan fingerprint density at radius 3 is 2.11 bits per heavy atom. The van der Waals surface area contributed by atoms with Gasteiger partial charge >= 0.3 is 6.67 Å². The van der Waals surface area contributed by atoms with Crippen LogP contribution < -0.4 is 0 Å². The summed E-state index contributed by atoms with van der Waals surface area (Å²) in [6.45, 7) is 5.12. The van der Waals surface area contributed by atoms with Crippen molar-refractivity contribution in [3.8, 4) is 0 Å². The van der Waals surface area contributed by atoms with Gasteiger partial charge in [-0.25, -0.2) is 4.58 Å². The molecule has 0 fully saturated rings. The zero-order valence-corrected chi connectivity index (χ0v) is 6.34. The maximum Gasteiger partial charge on any atom is 0.329 e. The summed E-state index contributed by atoms with van der Waals surface area (Å²) in [6.07, 6.45) is 0. The molecule has 0 saturated carbocycles. The van der Waals surface area contributed by atoms with Crippen molar-refractivity contribution >= 4 is 5.84 Å². The third-order valence-electron chi connectivity index (χ3n) is 1.70. The fourth-order valence-electron chi connectivity index (χ4n) is 0.791. The molecule has 0 aromatic carbocycles. The molecule has 0 unspecified atom stereocenters. The molecule has 1 heterocycles. The van der Waals surface area contributed by atoms with Crippen molar-refractivity contribution in [3.63, 3.8) is 0 Å². The summed E-state index contributed by atoms with van der Waals surface area (Å²) in [5.74, 6) is 1.19. The first-order valence-electron chi connectivity index (χ1n) is 2.94. The zero-order chi connectivity index (χ0) is 7.02. The largest absolute Gasteiger partial charge is 0.329 e. The van der Waals surface area contributed by atoms with E-state index in [1.54, 1.807) is 0 Å².